The topological polar surface area (TPSA) is 26.0 Å². The molecule has 0 saturated heterocycles. The molecule has 100 valence electrons. The van der Waals surface area contributed by atoms with Gasteiger partial charge < -0.3 is 5.73 Å². The van der Waals surface area contributed by atoms with Crippen LogP contribution in [0.5, 0.6) is 0 Å². The first-order valence-electron chi connectivity index (χ1n) is 6.70. The Hall–Kier alpha value is -1.67. The molecule has 2 atom stereocenters. The second-order valence-electron chi connectivity index (χ2n) is 4.95. The zero-order valence-corrected chi connectivity index (χ0v) is 11.4. The molecule has 19 heavy (non-hydrogen) atoms. The maximum atomic E-state index is 13.2. The molecule has 2 aromatic rings. The molecule has 0 saturated carbocycles. The van der Waals surface area contributed by atoms with Crippen molar-refractivity contribution < 1.29 is 4.39 Å². The van der Waals surface area contributed by atoms with Crippen molar-refractivity contribution in [3.63, 3.8) is 0 Å². The van der Waals surface area contributed by atoms with Gasteiger partial charge in [-0.3, -0.25) is 0 Å². The summed E-state index contributed by atoms with van der Waals surface area (Å²) in [4.78, 5) is 0. The Morgan fingerprint density at radius 2 is 1.79 bits per heavy atom. The summed E-state index contributed by atoms with van der Waals surface area (Å²) >= 11 is 0. The molecule has 2 unspecified atom stereocenters. The van der Waals surface area contributed by atoms with Crippen molar-refractivity contribution in [2.45, 2.75) is 32.2 Å². The summed E-state index contributed by atoms with van der Waals surface area (Å²) in [5.74, 6) is 0.0478. The average molecular weight is 257 g/mol. The van der Waals surface area contributed by atoms with Gasteiger partial charge in [-0.15, -0.1) is 0 Å². The molecule has 0 aliphatic rings. The van der Waals surface area contributed by atoms with E-state index < -0.39 is 0 Å². The summed E-state index contributed by atoms with van der Waals surface area (Å²) in [7, 11) is 0. The number of rotatable bonds is 4. The molecule has 0 radical (unpaired) electrons. The van der Waals surface area contributed by atoms with E-state index in [-0.39, 0.29) is 17.8 Å². The van der Waals surface area contributed by atoms with E-state index in [0.717, 1.165) is 17.5 Å². The van der Waals surface area contributed by atoms with Gasteiger partial charge in [-0.25, -0.2) is 4.39 Å². The highest BCUT2D eigenvalue weighted by molar-refractivity contribution is 5.33. The zero-order chi connectivity index (χ0) is 13.8. The van der Waals surface area contributed by atoms with Crippen LogP contribution in [-0.2, 0) is 0 Å². The quantitative estimate of drug-likeness (QED) is 0.867. The molecule has 0 aliphatic carbocycles. The second-order valence-corrected chi connectivity index (χ2v) is 4.95. The predicted molar refractivity (Wildman–Crippen MR) is 77.5 cm³/mol. The minimum atomic E-state index is -0.207. The first kappa shape index (κ1) is 13.8. The highest BCUT2D eigenvalue weighted by Gasteiger charge is 2.21. The third-order valence-corrected chi connectivity index (χ3v) is 3.69. The lowest BCUT2D eigenvalue weighted by atomic mass is 9.84. The van der Waals surface area contributed by atoms with Gasteiger partial charge in [0, 0.05) is 12.0 Å². The highest BCUT2D eigenvalue weighted by atomic mass is 19.1. The first-order chi connectivity index (χ1) is 9.13. The Morgan fingerprint density at radius 3 is 2.37 bits per heavy atom. The Balaban J connectivity index is 2.33. The molecular weight excluding hydrogens is 237 g/mol. The van der Waals surface area contributed by atoms with E-state index in [4.69, 9.17) is 5.73 Å². The van der Waals surface area contributed by atoms with E-state index in [9.17, 15) is 4.39 Å². The monoisotopic (exact) mass is 257 g/mol. The lowest BCUT2D eigenvalue weighted by Crippen LogP contribution is -2.20. The molecule has 2 heteroatoms. The van der Waals surface area contributed by atoms with Gasteiger partial charge in [-0.1, -0.05) is 43.3 Å². The lowest BCUT2D eigenvalue weighted by molar-refractivity contribution is 0.535. The minimum absolute atomic E-state index is 0.104. The Labute approximate surface area is 114 Å². The Morgan fingerprint density at radius 1 is 1.11 bits per heavy atom. The van der Waals surface area contributed by atoms with Crippen molar-refractivity contribution in [2.24, 2.45) is 5.73 Å². The number of halogens is 1. The number of hydrogen-bond donors (Lipinski definition) is 1. The van der Waals surface area contributed by atoms with E-state index in [1.54, 1.807) is 12.1 Å². The standard InChI is InChI=1S/C17H20FN/c1-3-15(13-7-5-4-6-8-13)17(19)16-10-9-14(18)11-12(16)2/h4-11,15,17H,3,19H2,1-2H3. The van der Waals surface area contributed by atoms with Crippen LogP contribution in [0.4, 0.5) is 4.39 Å². The molecule has 0 heterocycles. The van der Waals surface area contributed by atoms with Gasteiger partial charge in [0.25, 0.3) is 0 Å². The number of aryl methyl sites for hydroxylation is 1. The Kier molecular flexibility index (Phi) is 4.33. The minimum Gasteiger partial charge on any atom is -0.323 e. The van der Waals surface area contributed by atoms with Crippen molar-refractivity contribution in [3.8, 4) is 0 Å². The fourth-order valence-electron chi connectivity index (χ4n) is 2.63. The Bertz CT molecular complexity index is 536. The van der Waals surface area contributed by atoms with Gasteiger partial charge in [0.1, 0.15) is 5.82 Å². The third kappa shape index (κ3) is 3.02. The molecule has 0 aromatic heterocycles. The van der Waals surface area contributed by atoms with E-state index in [0.29, 0.717) is 0 Å². The summed E-state index contributed by atoms with van der Waals surface area (Å²) in [6.07, 6.45) is 0.960. The first-order valence-corrected chi connectivity index (χ1v) is 6.70. The van der Waals surface area contributed by atoms with Crippen LogP contribution in [0.25, 0.3) is 0 Å². The van der Waals surface area contributed by atoms with Crippen LogP contribution < -0.4 is 5.73 Å². The van der Waals surface area contributed by atoms with Crippen LogP contribution in [-0.4, -0.2) is 0 Å². The molecule has 1 nitrogen and oxygen atoms in total. The second kappa shape index (κ2) is 5.98. The molecule has 0 fully saturated rings. The van der Waals surface area contributed by atoms with Crippen LogP contribution in [0.1, 0.15) is 42.0 Å². The molecular formula is C17H20FN. The largest absolute Gasteiger partial charge is 0.323 e. The van der Waals surface area contributed by atoms with Crippen molar-refractivity contribution in [1.82, 2.24) is 0 Å². The van der Waals surface area contributed by atoms with Gasteiger partial charge in [0.2, 0.25) is 0 Å². The van der Waals surface area contributed by atoms with Gasteiger partial charge in [0.05, 0.1) is 0 Å². The maximum Gasteiger partial charge on any atom is 0.123 e. The predicted octanol–water partition coefficient (Wildman–Crippen LogP) is 4.33. The van der Waals surface area contributed by atoms with E-state index in [1.807, 2.05) is 25.1 Å². The molecule has 2 N–H and O–H groups in total. The number of hydrogen-bond acceptors (Lipinski definition) is 1. The SMILES string of the molecule is CCC(c1ccccc1)C(N)c1ccc(F)cc1C. The van der Waals surface area contributed by atoms with Gasteiger partial charge in [0.15, 0.2) is 0 Å². The third-order valence-electron chi connectivity index (χ3n) is 3.69. The van der Waals surface area contributed by atoms with Crippen LogP contribution in [0.3, 0.4) is 0 Å². The van der Waals surface area contributed by atoms with Gasteiger partial charge >= 0.3 is 0 Å². The summed E-state index contributed by atoms with van der Waals surface area (Å²) in [6.45, 7) is 4.05. The summed E-state index contributed by atoms with van der Waals surface area (Å²) in [5, 5.41) is 0. The van der Waals surface area contributed by atoms with Crippen LogP contribution in [0, 0.1) is 12.7 Å². The van der Waals surface area contributed by atoms with Crippen molar-refractivity contribution in [3.05, 3.63) is 71.0 Å². The molecule has 2 aromatic carbocycles. The smallest absolute Gasteiger partial charge is 0.123 e. The van der Waals surface area contributed by atoms with E-state index in [1.165, 1.54) is 11.6 Å². The van der Waals surface area contributed by atoms with E-state index >= 15 is 0 Å². The summed E-state index contributed by atoms with van der Waals surface area (Å²) in [5.41, 5.74) is 9.59. The van der Waals surface area contributed by atoms with Crippen LogP contribution in [0.2, 0.25) is 0 Å². The highest BCUT2D eigenvalue weighted by Crippen LogP contribution is 2.33. The molecule has 0 amide bonds. The molecule has 0 bridgehead atoms. The molecule has 2 rings (SSSR count). The van der Waals surface area contributed by atoms with Crippen molar-refractivity contribution in [2.75, 3.05) is 0 Å². The van der Waals surface area contributed by atoms with E-state index in [2.05, 4.69) is 19.1 Å². The fourth-order valence-corrected chi connectivity index (χ4v) is 2.63. The van der Waals surface area contributed by atoms with Crippen molar-refractivity contribution in [1.29, 1.82) is 0 Å². The molecule has 0 spiro atoms. The van der Waals surface area contributed by atoms with Crippen LogP contribution in [0.15, 0.2) is 48.5 Å². The summed E-state index contributed by atoms with van der Waals surface area (Å²) < 4.78 is 13.2. The lowest BCUT2D eigenvalue weighted by Gasteiger charge is -2.25. The number of nitrogens with two attached hydrogens (primary N) is 1. The average Bonchev–Trinajstić information content (AvgIpc) is 2.40. The maximum absolute atomic E-state index is 13.2. The normalized spacial score (nSPS) is 14.1. The van der Waals surface area contributed by atoms with Crippen LogP contribution >= 0.6 is 0 Å². The molecule has 0 aliphatic heterocycles. The zero-order valence-electron chi connectivity index (χ0n) is 11.4. The van der Waals surface area contributed by atoms with Gasteiger partial charge in [-0.2, -0.15) is 0 Å². The summed E-state index contributed by atoms with van der Waals surface area (Å²) in [6, 6.07) is 15.0. The fraction of sp³-hybridized carbons (Fsp3) is 0.294. The van der Waals surface area contributed by atoms with Crippen molar-refractivity contribution >= 4 is 0 Å². The number of benzene rings is 2. The van der Waals surface area contributed by atoms with Gasteiger partial charge in [-0.05, 0) is 42.2 Å².